The Morgan fingerprint density at radius 2 is 2.00 bits per heavy atom. The summed E-state index contributed by atoms with van der Waals surface area (Å²) in [5.74, 6) is 0.0741. The van der Waals surface area contributed by atoms with Crippen molar-refractivity contribution < 1.29 is 4.39 Å². The number of nitrogens with two attached hydrogens (primary N) is 1. The van der Waals surface area contributed by atoms with Crippen LogP contribution in [0.3, 0.4) is 0 Å². The van der Waals surface area contributed by atoms with Crippen molar-refractivity contribution in [2.24, 2.45) is 11.7 Å². The lowest BCUT2D eigenvalue weighted by Gasteiger charge is -2.06. The van der Waals surface area contributed by atoms with Crippen molar-refractivity contribution in [2.45, 2.75) is 20.0 Å². The van der Waals surface area contributed by atoms with Crippen LogP contribution in [0.15, 0.2) is 0 Å². The first-order chi connectivity index (χ1) is 3.18. The topological polar surface area (TPSA) is 26.0 Å². The molecule has 0 aliphatic heterocycles. The molecule has 2 N–H and O–H groups in total. The zero-order valence-electron chi connectivity index (χ0n) is 4.82. The van der Waals surface area contributed by atoms with E-state index in [0.29, 0.717) is 0 Å². The van der Waals surface area contributed by atoms with Crippen LogP contribution in [0.1, 0.15) is 13.8 Å². The first-order valence-electron chi connectivity index (χ1n) is 2.52. The SMILES string of the molecule is CC(C)C(F)CN. The molecule has 7 heavy (non-hydrogen) atoms. The number of halogens is 1. The van der Waals surface area contributed by atoms with E-state index >= 15 is 0 Å². The van der Waals surface area contributed by atoms with E-state index in [1.807, 2.05) is 13.8 Å². The van der Waals surface area contributed by atoms with E-state index in [4.69, 9.17) is 5.73 Å². The molecule has 0 fully saturated rings. The van der Waals surface area contributed by atoms with E-state index in [1.165, 1.54) is 0 Å². The minimum absolute atomic E-state index is 0.0741. The van der Waals surface area contributed by atoms with E-state index in [0.717, 1.165) is 0 Å². The van der Waals surface area contributed by atoms with Gasteiger partial charge in [0.1, 0.15) is 6.17 Å². The molecular formula is C5H12FN. The maximum Gasteiger partial charge on any atom is 0.115 e. The molecule has 2 heteroatoms. The smallest absolute Gasteiger partial charge is 0.115 e. The van der Waals surface area contributed by atoms with Gasteiger partial charge in [-0.2, -0.15) is 0 Å². The molecule has 0 aromatic heterocycles. The van der Waals surface area contributed by atoms with Crippen molar-refractivity contribution in [1.29, 1.82) is 0 Å². The Morgan fingerprint density at radius 3 is 2.00 bits per heavy atom. The van der Waals surface area contributed by atoms with Crippen molar-refractivity contribution in [3.8, 4) is 0 Å². The highest BCUT2D eigenvalue weighted by atomic mass is 19.1. The van der Waals surface area contributed by atoms with E-state index in [9.17, 15) is 4.39 Å². The Hall–Kier alpha value is -0.110. The Labute approximate surface area is 43.7 Å². The number of hydrogen-bond acceptors (Lipinski definition) is 1. The van der Waals surface area contributed by atoms with E-state index in [2.05, 4.69) is 0 Å². The summed E-state index contributed by atoms with van der Waals surface area (Å²) in [6.07, 6.45) is -0.819. The van der Waals surface area contributed by atoms with Crippen molar-refractivity contribution in [3.05, 3.63) is 0 Å². The Morgan fingerprint density at radius 1 is 1.57 bits per heavy atom. The van der Waals surface area contributed by atoms with Crippen molar-refractivity contribution in [3.63, 3.8) is 0 Å². The van der Waals surface area contributed by atoms with E-state index < -0.39 is 6.17 Å². The highest BCUT2D eigenvalue weighted by Crippen LogP contribution is 2.02. The predicted octanol–water partition coefficient (Wildman–Crippen LogP) is 0.939. The maximum atomic E-state index is 12.1. The number of hydrogen-bond donors (Lipinski definition) is 1. The highest BCUT2D eigenvalue weighted by Gasteiger charge is 2.06. The summed E-state index contributed by atoms with van der Waals surface area (Å²) in [6.45, 7) is 3.78. The average molecular weight is 105 g/mol. The van der Waals surface area contributed by atoms with Crippen LogP contribution in [0.2, 0.25) is 0 Å². The monoisotopic (exact) mass is 105 g/mol. The molecular weight excluding hydrogens is 93.1 g/mol. The van der Waals surface area contributed by atoms with Gasteiger partial charge in [0.2, 0.25) is 0 Å². The summed E-state index contributed by atoms with van der Waals surface area (Å²) in [4.78, 5) is 0. The molecule has 0 heterocycles. The van der Waals surface area contributed by atoms with Crippen LogP contribution in [0.25, 0.3) is 0 Å². The molecule has 0 saturated heterocycles. The molecule has 0 amide bonds. The molecule has 0 radical (unpaired) electrons. The van der Waals surface area contributed by atoms with Gasteiger partial charge in [0, 0.05) is 6.54 Å². The van der Waals surface area contributed by atoms with Crippen molar-refractivity contribution >= 4 is 0 Å². The summed E-state index contributed by atoms with van der Waals surface area (Å²) in [6, 6.07) is 0. The van der Waals surface area contributed by atoms with Crippen LogP contribution >= 0.6 is 0 Å². The standard InChI is InChI=1S/C5H12FN/c1-4(2)5(6)3-7/h4-5H,3,7H2,1-2H3. The fourth-order valence-corrected chi connectivity index (χ4v) is 0.272. The maximum absolute atomic E-state index is 12.1. The molecule has 1 unspecified atom stereocenters. The normalized spacial score (nSPS) is 15.0. The van der Waals surface area contributed by atoms with Gasteiger partial charge in [-0.1, -0.05) is 13.8 Å². The summed E-state index contributed by atoms with van der Waals surface area (Å²) in [5, 5.41) is 0. The number of rotatable bonds is 2. The van der Waals surface area contributed by atoms with E-state index in [-0.39, 0.29) is 12.5 Å². The molecule has 1 atom stereocenters. The fraction of sp³-hybridized carbons (Fsp3) is 1.00. The van der Waals surface area contributed by atoms with Gasteiger partial charge in [0.25, 0.3) is 0 Å². The summed E-state index contributed by atoms with van der Waals surface area (Å²) >= 11 is 0. The van der Waals surface area contributed by atoms with Gasteiger partial charge < -0.3 is 5.73 Å². The first kappa shape index (κ1) is 6.89. The molecule has 44 valence electrons. The lowest BCUT2D eigenvalue weighted by Crippen LogP contribution is -2.20. The summed E-state index contributed by atoms with van der Waals surface area (Å²) < 4.78 is 12.1. The minimum Gasteiger partial charge on any atom is -0.328 e. The largest absolute Gasteiger partial charge is 0.328 e. The Bertz CT molecular complexity index is 45.3. The summed E-state index contributed by atoms with van der Waals surface area (Å²) in [5.41, 5.74) is 5.00. The lowest BCUT2D eigenvalue weighted by atomic mass is 10.1. The highest BCUT2D eigenvalue weighted by molar-refractivity contribution is 4.58. The minimum atomic E-state index is -0.819. The van der Waals surface area contributed by atoms with Gasteiger partial charge in [-0.25, -0.2) is 4.39 Å². The van der Waals surface area contributed by atoms with E-state index in [1.54, 1.807) is 0 Å². The second-order valence-electron chi connectivity index (χ2n) is 2.00. The second kappa shape index (κ2) is 2.97. The van der Waals surface area contributed by atoms with Crippen LogP contribution in [-0.2, 0) is 0 Å². The van der Waals surface area contributed by atoms with Crippen molar-refractivity contribution in [2.75, 3.05) is 6.54 Å². The zero-order chi connectivity index (χ0) is 5.86. The van der Waals surface area contributed by atoms with Gasteiger partial charge in [0.15, 0.2) is 0 Å². The molecule has 0 rings (SSSR count). The van der Waals surface area contributed by atoms with Gasteiger partial charge in [-0.15, -0.1) is 0 Å². The van der Waals surface area contributed by atoms with Crippen LogP contribution < -0.4 is 5.73 Å². The molecule has 0 bridgehead atoms. The fourth-order valence-electron chi connectivity index (χ4n) is 0.272. The van der Waals surface area contributed by atoms with Gasteiger partial charge >= 0.3 is 0 Å². The molecule has 0 spiro atoms. The third kappa shape index (κ3) is 2.57. The zero-order valence-corrected chi connectivity index (χ0v) is 4.82. The molecule has 0 aromatic rings. The van der Waals surface area contributed by atoms with Crippen molar-refractivity contribution in [1.82, 2.24) is 0 Å². The third-order valence-corrected chi connectivity index (χ3v) is 0.949. The predicted molar refractivity (Wildman–Crippen MR) is 28.8 cm³/mol. The lowest BCUT2D eigenvalue weighted by molar-refractivity contribution is 0.264. The van der Waals surface area contributed by atoms with Gasteiger partial charge in [-0.3, -0.25) is 0 Å². The molecule has 0 saturated carbocycles. The molecule has 0 aliphatic rings. The molecule has 0 aromatic carbocycles. The molecule has 0 aliphatic carbocycles. The number of alkyl halides is 1. The first-order valence-corrected chi connectivity index (χ1v) is 2.52. The average Bonchev–Trinajstić information content (AvgIpc) is 1.65. The van der Waals surface area contributed by atoms with Gasteiger partial charge in [-0.05, 0) is 5.92 Å². The van der Waals surface area contributed by atoms with Crippen LogP contribution in [0.4, 0.5) is 4.39 Å². The van der Waals surface area contributed by atoms with Gasteiger partial charge in [0.05, 0.1) is 0 Å². The Kier molecular flexibility index (Phi) is 2.92. The summed E-state index contributed by atoms with van der Waals surface area (Å²) in [7, 11) is 0. The quantitative estimate of drug-likeness (QED) is 0.555. The van der Waals surface area contributed by atoms with Crippen LogP contribution in [-0.4, -0.2) is 12.7 Å². The van der Waals surface area contributed by atoms with Crippen LogP contribution in [0.5, 0.6) is 0 Å². The molecule has 1 nitrogen and oxygen atoms in total. The third-order valence-electron chi connectivity index (χ3n) is 0.949. The van der Waals surface area contributed by atoms with Crippen LogP contribution in [0, 0.1) is 5.92 Å². The Balaban J connectivity index is 3.14. The second-order valence-corrected chi connectivity index (χ2v) is 2.00.